The fourth-order valence-corrected chi connectivity index (χ4v) is 3.37. The monoisotopic (exact) mass is 334 g/mol. The smallest absolute Gasteiger partial charge is 0.230 e. The van der Waals surface area contributed by atoms with Crippen molar-refractivity contribution in [2.75, 3.05) is 42.7 Å². The fraction of sp³-hybridized carbons (Fsp3) is 0.357. The fourth-order valence-electron chi connectivity index (χ4n) is 2.54. The van der Waals surface area contributed by atoms with Crippen LogP contribution in [0.25, 0.3) is 0 Å². The van der Waals surface area contributed by atoms with Crippen molar-refractivity contribution in [2.24, 2.45) is 0 Å². The largest absolute Gasteiger partial charge is 0.367 e. The quantitative estimate of drug-likeness (QED) is 0.880. The molecule has 1 aromatic heterocycles. The molecule has 0 bridgehead atoms. The van der Waals surface area contributed by atoms with E-state index in [1.807, 2.05) is 24.3 Å². The van der Waals surface area contributed by atoms with Crippen molar-refractivity contribution in [3.63, 3.8) is 0 Å². The first-order valence-electron chi connectivity index (χ1n) is 7.22. The lowest BCUT2D eigenvalue weighted by atomic mass is 10.2. The Kier molecular flexibility index (Phi) is 4.39. The molecule has 3 rings (SSSR count). The molecule has 1 aliphatic heterocycles. The molecule has 0 radical (unpaired) electrons. The summed E-state index contributed by atoms with van der Waals surface area (Å²) < 4.78 is 24.7. The molecule has 0 saturated carbocycles. The second-order valence-electron chi connectivity index (χ2n) is 5.25. The number of anilines is 3. The van der Waals surface area contributed by atoms with Crippen LogP contribution in [0.3, 0.4) is 0 Å². The Bertz CT molecular complexity index is 760. The van der Waals surface area contributed by atoms with Crippen LogP contribution in [0.2, 0.25) is 0 Å². The third-order valence-corrected chi connectivity index (χ3v) is 5.00. The van der Waals surface area contributed by atoms with Gasteiger partial charge in [-0.1, -0.05) is 12.1 Å². The first-order chi connectivity index (χ1) is 11.0. The van der Waals surface area contributed by atoms with Gasteiger partial charge in [-0.2, -0.15) is 4.31 Å². The van der Waals surface area contributed by atoms with Gasteiger partial charge < -0.3 is 10.2 Å². The summed E-state index contributed by atoms with van der Waals surface area (Å²) in [6, 6.07) is 7.83. The highest BCUT2D eigenvalue weighted by Gasteiger charge is 2.24. The molecule has 0 spiro atoms. The maximum Gasteiger partial charge on any atom is 0.230 e. The number of rotatable bonds is 4. The lowest BCUT2D eigenvalue weighted by Gasteiger charge is -2.35. The van der Waals surface area contributed by atoms with Gasteiger partial charge in [-0.25, -0.2) is 23.4 Å². The molecule has 1 aromatic carbocycles. The summed E-state index contributed by atoms with van der Waals surface area (Å²) in [6.45, 7) is 2.25. The van der Waals surface area contributed by atoms with E-state index < -0.39 is 10.0 Å². The van der Waals surface area contributed by atoms with E-state index in [0.29, 0.717) is 32.1 Å². The molecule has 1 aliphatic rings. The minimum absolute atomic E-state index is 0.474. The number of hydrogen-bond donors (Lipinski definition) is 1. The summed E-state index contributed by atoms with van der Waals surface area (Å²) in [6.07, 6.45) is 4.12. The minimum Gasteiger partial charge on any atom is -0.367 e. The topological polar surface area (TPSA) is 91.3 Å². The lowest BCUT2D eigenvalue weighted by Crippen LogP contribution is -2.48. The molecule has 0 amide bonds. The van der Waals surface area contributed by atoms with E-state index in [1.54, 1.807) is 0 Å². The molecule has 0 aliphatic carbocycles. The molecular weight excluding hydrogens is 316 g/mol. The van der Waals surface area contributed by atoms with Crippen LogP contribution in [-0.4, -0.2) is 60.1 Å². The predicted octanol–water partition coefficient (Wildman–Crippen LogP) is 0.697. The van der Waals surface area contributed by atoms with Gasteiger partial charge in [0.1, 0.15) is 12.7 Å². The second-order valence-corrected chi connectivity index (χ2v) is 7.24. The summed E-state index contributed by atoms with van der Waals surface area (Å²) in [5, 5.41) is 3.18. The molecule has 1 fully saturated rings. The molecule has 8 nitrogen and oxygen atoms in total. The van der Waals surface area contributed by atoms with Gasteiger partial charge in [0.05, 0.1) is 17.6 Å². The molecule has 1 saturated heterocycles. The van der Waals surface area contributed by atoms with Crippen molar-refractivity contribution >= 4 is 27.3 Å². The van der Waals surface area contributed by atoms with E-state index in [-0.39, 0.29) is 0 Å². The van der Waals surface area contributed by atoms with Gasteiger partial charge in [0.25, 0.3) is 0 Å². The van der Waals surface area contributed by atoms with Crippen LogP contribution in [0.4, 0.5) is 17.3 Å². The van der Waals surface area contributed by atoms with Crippen LogP contribution in [0.15, 0.2) is 36.9 Å². The number of nitrogens with one attached hydrogen (secondary N) is 1. The molecule has 1 N–H and O–H groups in total. The van der Waals surface area contributed by atoms with Gasteiger partial charge in [-0.15, -0.1) is 0 Å². The predicted molar refractivity (Wildman–Crippen MR) is 88.2 cm³/mol. The molecular formula is C14H18N6O2S. The van der Waals surface area contributed by atoms with Crippen molar-refractivity contribution in [3.8, 4) is 0 Å². The van der Waals surface area contributed by atoms with Gasteiger partial charge in [0.2, 0.25) is 16.0 Å². The van der Waals surface area contributed by atoms with E-state index in [4.69, 9.17) is 0 Å². The number of sulfonamides is 1. The second kappa shape index (κ2) is 6.47. The highest BCUT2D eigenvalue weighted by molar-refractivity contribution is 7.88. The zero-order valence-electron chi connectivity index (χ0n) is 12.8. The van der Waals surface area contributed by atoms with Crippen LogP contribution in [0.5, 0.6) is 0 Å². The summed E-state index contributed by atoms with van der Waals surface area (Å²) >= 11 is 0. The van der Waals surface area contributed by atoms with Crippen molar-refractivity contribution < 1.29 is 8.42 Å². The molecule has 0 atom stereocenters. The molecule has 0 unspecified atom stereocenters. The van der Waals surface area contributed by atoms with Gasteiger partial charge in [0.15, 0.2) is 0 Å². The third kappa shape index (κ3) is 3.74. The van der Waals surface area contributed by atoms with Crippen LogP contribution in [-0.2, 0) is 10.0 Å². The highest BCUT2D eigenvalue weighted by atomic mass is 32.2. The molecule has 122 valence electrons. The zero-order chi connectivity index (χ0) is 16.3. The van der Waals surface area contributed by atoms with E-state index in [0.717, 1.165) is 11.4 Å². The van der Waals surface area contributed by atoms with Crippen LogP contribution >= 0.6 is 0 Å². The SMILES string of the molecule is CS(=O)(=O)N1CCN(c2ccccc2Nc2ncncn2)CC1. The van der Waals surface area contributed by atoms with E-state index in [2.05, 4.69) is 25.2 Å². The van der Waals surface area contributed by atoms with Crippen LogP contribution in [0.1, 0.15) is 0 Å². The summed E-state index contributed by atoms with van der Waals surface area (Å²) in [4.78, 5) is 14.1. The Morgan fingerprint density at radius 2 is 1.70 bits per heavy atom. The minimum atomic E-state index is -3.13. The van der Waals surface area contributed by atoms with Crippen molar-refractivity contribution in [3.05, 3.63) is 36.9 Å². The van der Waals surface area contributed by atoms with Crippen molar-refractivity contribution in [1.29, 1.82) is 0 Å². The number of benzene rings is 1. The molecule has 23 heavy (non-hydrogen) atoms. The molecule has 9 heteroatoms. The van der Waals surface area contributed by atoms with Gasteiger partial charge >= 0.3 is 0 Å². The molecule has 2 heterocycles. The van der Waals surface area contributed by atoms with Gasteiger partial charge in [-0.3, -0.25) is 0 Å². The van der Waals surface area contributed by atoms with Crippen LogP contribution < -0.4 is 10.2 Å². The Morgan fingerprint density at radius 3 is 2.35 bits per heavy atom. The molecule has 2 aromatic rings. The third-order valence-electron chi connectivity index (χ3n) is 3.69. The number of nitrogens with zero attached hydrogens (tertiary/aromatic N) is 5. The Morgan fingerprint density at radius 1 is 1.04 bits per heavy atom. The normalized spacial score (nSPS) is 16.3. The summed E-state index contributed by atoms with van der Waals surface area (Å²) in [7, 11) is -3.13. The number of aromatic nitrogens is 3. The first kappa shape index (κ1) is 15.6. The Labute approximate surface area is 135 Å². The summed E-state index contributed by atoms with van der Waals surface area (Å²) in [5.41, 5.74) is 1.88. The summed E-state index contributed by atoms with van der Waals surface area (Å²) in [5.74, 6) is 0.474. The zero-order valence-corrected chi connectivity index (χ0v) is 13.6. The first-order valence-corrected chi connectivity index (χ1v) is 9.07. The average molecular weight is 334 g/mol. The average Bonchev–Trinajstić information content (AvgIpc) is 2.56. The maximum absolute atomic E-state index is 11.6. The van der Waals surface area contributed by atoms with Gasteiger partial charge in [0, 0.05) is 26.2 Å². The highest BCUT2D eigenvalue weighted by Crippen LogP contribution is 2.28. The standard InChI is InChI=1S/C14H18N6O2S/c1-23(21,22)20-8-6-19(7-9-20)13-5-3-2-4-12(13)18-14-16-10-15-11-17-14/h2-5,10-11H,6-9H2,1H3,(H,15,16,17,18). The number of hydrogen-bond acceptors (Lipinski definition) is 7. The van der Waals surface area contributed by atoms with E-state index in [1.165, 1.54) is 23.2 Å². The number of piperazine rings is 1. The Balaban J connectivity index is 1.77. The number of para-hydroxylation sites is 2. The van der Waals surface area contributed by atoms with Crippen LogP contribution in [0, 0.1) is 0 Å². The lowest BCUT2D eigenvalue weighted by molar-refractivity contribution is 0.388. The van der Waals surface area contributed by atoms with E-state index in [9.17, 15) is 8.42 Å². The van der Waals surface area contributed by atoms with Gasteiger partial charge in [-0.05, 0) is 12.1 Å². The maximum atomic E-state index is 11.6. The van der Waals surface area contributed by atoms with Crippen molar-refractivity contribution in [2.45, 2.75) is 0 Å². The van der Waals surface area contributed by atoms with E-state index >= 15 is 0 Å². The Hall–Kier alpha value is -2.26. The van der Waals surface area contributed by atoms with Crippen molar-refractivity contribution in [1.82, 2.24) is 19.3 Å².